The summed E-state index contributed by atoms with van der Waals surface area (Å²) in [6.45, 7) is 0.0102. The van der Waals surface area contributed by atoms with Crippen LogP contribution in [-0.2, 0) is 38.7 Å². The number of carbonyl (C=O) groups is 2. The third-order valence-electron chi connectivity index (χ3n) is 6.97. The molecule has 0 radical (unpaired) electrons. The van der Waals surface area contributed by atoms with E-state index in [0.29, 0.717) is 25.0 Å². The zero-order valence-corrected chi connectivity index (χ0v) is 19.9. The highest BCUT2D eigenvalue weighted by atomic mass is 19.4. The Morgan fingerprint density at radius 1 is 0.947 bits per heavy atom. The van der Waals surface area contributed by atoms with Crippen LogP contribution in [0, 0.1) is 0 Å². The molecule has 1 heterocycles. The molecule has 38 heavy (non-hydrogen) atoms. The van der Waals surface area contributed by atoms with Crippen molar-refractivity contribution in [1.29, 1.82) is 0 Å². The maximum Gasteiger partial charge on any atom is 0.416 e. The zero-order chi connectivity index (χ0) is 27.8. The quantitative estimate of drug-likeness (QED) is 0.403. The number of halogens is 6. The molecule has 204 valence electrons. The van der Waals surface area contributed by atoms with E-state index >= 15 is 0 Å². The van der Waals surface area contributed by atoms with E-state index in [1.165, 1.54) is 0 Å². The molecular formula is C26H24F6N2O4. The molecule has 1 atom stereocenters. The standard InChI is InChI=1S/C26H24F6N2O4/c27-25(28,29)18-10-17(11-19(12-18)26(30,31)32)23(8-4-5-9-23)15-24(22(36)37)33-13-20(21(35)34-24)38-14-16-6-2-1-3-7-16/h1-3,6-7,10-13,33H,4-5,8-9,14-15H2,(H,34,35)(H,36,37). The molecule has 0 bridgehead atoms. The molecule has 1 aliphatic carbocycles. The largest absolute Gasteiger partial charge is 0.482 e. The molecule has 2 aromatic rings. The van der Waals surface area contributed by atoms with Crippen molar-refractivity contribution in [2.45, 2.75) is 62.1 Å². The third-order valence-corrected chi connectivity index (χ3v) is 6.97. The van der Waals surface area contributed by atoms with E-state index in [0.717, 1.165) is 11.8 Å². The van der Waals surface area contributed by atoms with Gasteiger partial charge in [0.2, 0.25) is 5.66 Å². The molecule has 0 saturated heterocycles. The van der Waals surface area contributed by atoms with E-state index in [1.54, 1.807) is 30.3 Å². The number of alkyl halides is 6. The summed E-state index contributed by atoms with van der Waals surface area (Å²) in [6, 6.07) is 10.2. The number of carboxylic acid groups (broad SMARTS) is 1. The van der Waals surface area contributed by atoms with Crippen molar-refractivity contribution in [3.63, 3.8) is 0 Å². The summed E-state index contributed by atoms with van der Waals surface area (Å²) in [5, 5.41) is 15.0. The highest BCUT2D eigenvalue weighted by Gasteiger charge is 2.52. The van der Waals surface area contributed by atoms with Crippen molar-refractivity contribution in [2.24, 2.45) is 0 Å². The van der Waals surface area contributed by atoms with Gasteiger partial charge in [-0.1, -0.05) is 43.2 Å². The van der Waals surface area contributed by atoms with E-state index in [2.05, 4.69) is 10.6 Å². The van der Waals surface area contributed by atoms with Gasteiger partial charge in [-0.25, -0.2) is 4.79 Å². The number of amides is 1. The lowest BCUT2D eigenvalue weighted by atomic mass is 9.71. The lowest BCUT2D eigenvalue weighted by molar-refractivity contribution is -0.151. The van der Waals surface area contributed by atoms with Gasteiger partial charge in [-0.3, -0.25) is 4.79 Å². The third kappa shape index (κ3) is 5.58. The summed E-state index contributed by atoms with van der Waals surface area (Å²) in [5.74, 6) is -2.64. The van der Waals surface area contributed by atoms with Gasteiger partial charge in [0.15, 0.2) is 5.76 Å². The second-order valence-corrected chi connectivity index (χ2v) is 9.55. The molecule has 1 unspecified atom stereocenters. The minimum absolute atomic E-state index is 0.0102. The van der Waals surface area contributed by atoms with Gasteiger partial charge >= 0.3 is 18.3 Å². The number of hydrogen-bond acceptors (Lipinski definition) is 4. The fourth-order valence-corrected chi connectivity index (χ4v) is 5.06. The van der Waals surface area contributed by atoms with Crippen LogP contribution in [0.1, 0.15) is 54.4 Å². The predicted octanol–water partition coefficient (Wildman–Crippen LogP) is 5.48. The van der Waals surface area contributed by atoms with Crippen LogP contribution in [0.15, 0.2) is 60.5 Å². The molecule has 3 N–H and O–H groups in total. The van der Waals surface area contributed by atoms with E-state index < -0.39 is 52.9 Å². The molecule has 1 aliphatic heterocycles. The van der Waals surface area contributed by atoms with Crippen LogP contribution in [0.25, 0.3) is 0 Å². The van der Waals surface area contributed by atoms with Crippen molar-refractivity contribution in [2.75, 3.05) is 0 Å². The second kappa shape index (κ2) is 9.88. The van der Waals surface area contributed by atoms with Gasteiger partial charge in [0.05, 0.1) is 11.1 Å². The fraction of sp³-hybridized carbons (Fsp3) is 0.385. The van der Waals surface area contributed by atoms with Gasteiger partial charge in [0, 0.05) is 12.6 Å². The second-order valence-electron chi connectivity index (χ2n) is 9.55. The maximum atomic E-state index is 13.5. The number of hydrogen-bond donors (Lipinski definition) is 3. The number of carboxylic acids is 1. The number of ether oxygens (including phenoxy) is 1. The molecule has 1 amide bonds. The number of carbonyl (C=O) groups excluding carboxylic acids is 1. The highest BCUT2D eigenvalue weighted by Crippen LogP contribution is 2.49. The Balaban J connectivity index is 1.69. The molecule has 1 saturated carbocycles. The van der Waals surface area contributed by atoms with Gasteiger partial charge in [-0.15, -0.1) is 0 Å². The average Bonchev–Trinajstić information content (AvgIpc) is 3.32. The van der Waals surface area contributed by atoms with Crippen molar-refractivity contribution in [3.8, 4) is 0 Å². The van der Waals surface area contributed by atoms with Crippen LogP contribution in [0.3, 0.4) is 0 Å². The normalized spacial score (nSPS) is 21.3. The van der Waals surface area contributed by atoms with Crippen LogP contribution >= 0.6 is 0 Å². The topological polar surface area (TPSA) is 87.7 Å². The van der Waals surface area contributed by atoms with Crippen LogP contribution in [-0.4, -0.2) is 22.6 Å². The zero-order valence-electron chi connectivity index (χ0n) is 19.9. The smallest absolute Gasteiger partial charge is 0.416 e. The minimum Gasteiger partial charge on any atom is -0.482 e. The van der Waals surface area contributed by atoms with E-state index in [-0.39, 0.29) is 36.8 Å². The monoisotopic (exact) mass is 542 g/mol. The van der Waals surface area contributed by atoms with Crippen LogP contribution < -0.4 is 10.6 Å². The summed E-state index contributed by atoms with van der Waals surface area (Å²) in [6.07, 6.45) is -8.33. The predicted molar refractivity (Wildman–Crippen MR) is 122 cm³/mol. The molecule has 1 fully saturated rings. The minimum atomic E-state index is -5.05. The summed E-state index contributed by atoms with van der Waals surface area (Å²) in [4.78, 5) is 25.2. The number of nitrogens with one attached hydrogen (secondary N) is 2. The molecule has 4 rings (SSSR count). The van der Waals surface area contributed by atoms with Gasteiger partial charge in [-0.2, -0.15) is 26.3 Å². The Kier molecular flexibility index (Phi) is 7.11. The molecular weight excluding hydrogens is 518 g/mol. The van der Waals surface area contributed by atoms with Crippen molar-refractivity contribution >= 4 is 11.9 Å². The number of aliphatic carboxylic acids is 1. The lowest BCUT2D eigenvalue weighted by Crippen LogP contribution is -2.67. The van der Waals surface area contributed by atoms with Gasteiger partial charge < -0.3 is 20.5 Å². The first-order valence-electron chi connectivity index (χ1n) is 11.7. The van der Waals surface area contributed by atoms with Crippen molar-refractivity contribution in [1.82, 2.24) is 10.6 Å². The van der Waals surface area contributed by atoms with Gasteiger partial charge in [-0.05, 0) is 47.6 Å². The van der Waals surface area contributed by atoms with Gasteiger partial charge in [0.1, 0.15) is 6.61 Å². The maximum absolute atomic E-state index is 13.5. The van der Waals surface area contributed by atoms with Crippen LogP contribution in [0.2, 0.25) is 0 Å². The molecule has 0 spiro atoms. The Labute approximate surface area is 213 Å². The summed E-state index contributed by atoms with van der Waals surface area (Å²) >= 11 is 0. The SMILES string of the molecule is O=C1NC(CC2(c3cc(C(F)(F)F)cc(C(F)(F)F)c3)CCCC2)(C(=O)O)NC=C1OCc1ccccc1. The van der Waals surface area contributed by atoms with Gasteiger partial charge in [0.25, 0.3) is 5.91 Å². The first kappa shape index (κ1) is 27.3. The van der Waals surface area contributed by atoms with Crippen molar-refractivity contribution < 1.29 is 45.8 Å². The highest BCUT2D eigenvalue weighted by molar-refractivity contribution is 5.97. The Morgan fingerprint density at radius 3 is 2.03 bits per heavy atom. The van der Waals surface area contributed by atoms with E-state index in [4.69, 9.17) is 4.74 Å². The molecule has 2 aliphatic rings. The fourth-order valence-electron chi connectivity index (χ4n) is 5.06. The molecule has 6 nitrogen and oxygen atoms in total. The Bertz CT molecular complexity index is 1200. The van der Waals surface area contributed by atoms with Crippen LogP contribution in [0.4, 0.5) is 26.3 Å². The number of benzene rings is 2. The summed E-state index contributed by atoms with van der Waals surface area (Å²) in [7, 11) is 0. The summed E-state index contributed by atoms with van der Waals surface area (Å²) in [5.41, 5.74) is -6.05. The summed E-state index contributed by atoms with van der Waals surface area (Å²) < 4.78 is 86.8. The van der Waals surface area contributed by atoms with Crippen molar-refractivity contribution in [3.05, 3.63) is 82.7 Å². The molecule has 0 aromatic heterocycles. The number of rotatable bonds is 7. The Morgan fingerprint density at radius 2 is 1.53 bits per heavy atom. The molecule has 2 aromatic carbocycles. The Hall–Kier alpha value is -3.70. The first-order chi connectivity index (χ1) is 17.7. The molecule has 12 heteroatoms. The van der Waals surface area contributed by atoms with Crippen LogP contribution in [0.5, 0.6) is 0 Å². The first-order valence-corrected chi connectivity index (χ1v) is 11.7. The average molecular weight is 542 g/mol. The lowest BCUT2D eigenvalue weighted by Gasteiger charge is -2.42. The van der Waals surface area contributed by atoms with E-state index in [9.17, 15) is 41.0 Å². The van der Waals surface area contributed by atoms with E-state index in [1.807, 2.05) is 0 Å².